The number of halogens is 2. The minimum Gasteiger partial charge on any atom is -0.238 e. The molecular formula is C12H14Cl2N4O2S. The first kappa shape index (κ1) is 16.2. The van der Waals surface area contributed by atoms with Crippen LogP contribution >= 0.6 is 22.3 Å². The van der Waals surface area contributed by atoms with Crippen molar-refractivity contribution in [2.24, 2.45) is 0 Å². The highest BCUT2D eigenvalue weighted by molar-refractivity contribution is 8.13. The van der Waals surface area contributed by atoms with Crippen molar-refractivity contribution in [1.82, 2.24) is 19.7 Å². The van der Waals surface area contributed by atoms with Gasteiger partial charge in [-0.05, 0) is 20.3 Å². The van der Waals surface area contributed by atoms with Crippen molar-refractivity contribution in [3.05, 3.63) is 28.4 Å². The Bertz CT molecular complexity index is 767. The Morgan fingerprint density at radius 3 is 2.48 bits per heavy atom. The second-order valence-electron chi connectivity index (χ2n) is 4.58. The van der Waals surface area contributed by atoms with E-state index in [1.54, 1.807) is 13.0 Å². The van der Waals surface area contributed by atoms with E-state index in [-0.39, 0.29) is 10.0 Å². The van der Waals surface area contributed by atoms with Crippen LogP contribution in [-0.4, -0.2) is 28.2 Å². The summed E-state index contributed by atoms with van der Waals surface area (Å²) in [7, 11) is 1.49. The number of aryl methyl sites for hydroxylation is 3. The van der Waals surface area contributed by atoms with Gasteiger partial charge in [-0.1, -0.05) is 24.9 Å². The summed E-state index contributed by atoms with van der Waals surface area (Å²) >= 11 is 6.17. The summed E-state index contributed by atoms with van der Waals surface area (Å²) in [5.74, 6) is 0.956. The van der Waals surface area contributed by atoms with Gasteiger partial charge in [0.25, 0.3) is 9.05 Å². The van der Waals surface area contributed by atoms with Crippen molar-refractivity contribution in [3.8, 4) is 5.82 Å². The van der Waals surface area contributed by atoms with Gasteiger partial charge in [-0.25, -0.2) is 23.1 Å². The summed E-state index contributed by atoms with van der Waals surface area (Å²) in [6.45, 7) is 5.46. The van der Waals surface area contributed by atoms with Crippen molar-refractivity contribution in [2.75, 3.05) is 0 Å². The molecule has 0 fully saturated rings. The third kappa shape index (κ3) is 3.36. The summed E-state index contributed by atoms with van der Waals surface area (Å²) in [6, 6.07) is 1.67. The van der Waals surface area contributed by atoms with Crippen LogP contribution in [0.1, 0.15) is 30.6 Å². The molecule has 2 heterocycles. The zero-order valence-electron chi connectivity index (χ0n) is 11.8. The lowest BCUT2D eigenvalue weighted by Gasteiger charge is -2.04. The Labute approximate surface area is 132 Å². The molecule has 0 N–H and O–H groups in total. The summed E-state index contributed by atoms with van der Waals surface area (Å²) in [6.07, 6.45) is 1.17. The lowest BCUT2D eigenvalue weighted by molar-refractivity contribution is 0.608. The Morgan fingerprint density at radius 2 is 1.95 bits per heavy atom. The maximum absolute atomic E-state index is 11.7. The molecule has 0 radical (unpaired) electrons. The Kier molecular flexibility index (Phi) is 4.55. The molecule has 114 valence electrons. The van der Waals surface area contributed by atoms with Crippen molar-refractivity contribution in [3.63, 3.8) is 0 Å². The van der Waals surface area contributed by atoms with Gasteiger partial charge in [0.2, 0.25) is 0 Å². The van der Waals surface area contributed by atoms with Crippen molar-refractivity contribution >= 4 is 31.3 Å². The molecule has 6 nitrogen and oxygen atoms in total. The third-order valence-electron chi connectivity index (χ3n) is 2.76. The van der Waals surface area contributed by atoms with E-state index in [1.807, 2.05) is 13.8 Å². The van der Waals surface area contributed by atoms with E-state index >= 15 is 0 Å². The minimum atomic E-state index is -3.98. The van der Waals surface area contributed by atoms with Crippen LogP contribution in [-0.2, 0) is 15.5 Å². The van der Waals surface area contributed by atoms with Crippen LogP contribution in [0.2, 0.25) is 5.15 Å². The molecule has 0 bridgehead atoms. The van der Waals surface area contributed by atoms with Crippen LogP contribution in [0.25, 0.3) is 5.82 Å². The molecule has 2 rings (SSSR count). The Hall–Kier alpha value is -1.18. The van der Waals surface area contributed by atoms with Gasteiger partial charge in [0.1, 0.15) is 10.7 Å². The quantitative estimate of drug-likeness (QED) is 0.793. The number of nitrogens with zero attached hydrogens (tertiary/aromatic N) is 4. The maximum Gasteiger partial charge on any atom is 0.266 e. The molecule has 0 unspecified atom stereocenters. The predicted octanol–water partition coefficient (Wildman–Crippen LogP) is 2.81. The van der Waals surface area contributed by atoms with Gasteiger partial charge in [0.05, 0.1) is 5.69 Å². The zero-order valence-corrected chi connectivity index (χ0v) is 14.1. The molecule has 9 heteroatoms. The Morgan fingerprint density at radius 1 is 1.29 bits per heavy atom. The fraction of sp³-hybridized carbons (Fsp3) is 0.417. The van der Waals surface area contributed by atoms with Gasteiger partial charge in [0, 0.05) is 22.4 Å². The smallest absolute Gasteiger partial charge is 0.238 e. The van der Waals surface area contributed by atoms with Crippen LogP contribution in [0, 0.1) is 13.8 Å². The summed E-state index contributed by atoms with van der Waals surface area (Å²) in [5.41, 5.74) is 1.07. The van der Waals surface area contributed by atoms with Gasteiger partial charge in [-0.2, -0.15) is 5.10 Å². The van der Waals surface area contributed by atoms with Crippen molar-refractivity contribution < 1.29 is 8.42 Å². The molecule has 0 aliphatic rings. The first-order chi connectivity index (χ1) is 9.74. The van der Waals surface area contributed by atoms with E-state index in [0.29, 0.717) is 30.2 Å². The van der Waals surface area contributed by atoms with Gasteiger partial charge in [-0.3, -0.25) is 0 Å². The zero-order chi connectivity index (χ0) is 15.8. The second-order valence-corrected chi connectivity index (χ2v) is 7.44. The van der Waals surface area contributed by atoms with Gasteiger partial charge >= 0.3 is 0 Å². The molecule has 0 aliphatic heterocycles. The largest absolute Gasteiger partial charge is 0.266 e. The SMILES string of the molecule is CCCc1nn(-c2cc(C)nc(C)n2)c(Cl)c1S(=O)(=O)Cl. The molecule has 0 aromatic carbocycles. The van der Waals surface area contributed by atoms with Crippen LogP contribution in [0.15, 0.2) is 11.0 Å². The lowest BCUT2D eigenvalue weighted by Crippen LogP contribution is -2.04. The monoisotopic (exact) mass is 348 g/mol. The van der Waals surface area contributed by atoms with Crippen LogP contribution in [0.5, 0.6) is 0 Å². The van der Waals surface area contributed by atoms with Gasteiger partial charge in [0.15, 0.2) is 11.0 Å². The highest BCUT2D eigenvalue weighted by Crippen LogP contribution is 2.30. The van der Waals surface area contributed by atoms with E-state index in [1.165, 1.54) is 4.68 Å². The third-order valence-corrected chi connectivity index (χ3v) is 4.60. The number of rotatable bonds is 4. The first-order valence-electron chi connectivity index (χ1n) is 6.28. The summed E-state index contributed by atoms with van der Waals surface area (Å²) < 4.78 is 24.7. The molecule has 0 spiro atoms. The molecule has 0 amide bonds. The average molecular weight is 349 g/mol. The topological polar surface area (TPSA) is 77.7 Å². The number of aromatic nitrogens is 4. The highest BCUT2D eigenvalue weighted by Gasteiger charge is 2.27. The average Bonchev–Trinajstić information content (AvgIpc) is 2.65. The van der Waals surface area contributed by atoms with E-state index in [4.69, 9.17) is 22.3 Å². The molecule has 2 aromatic heterocycles. The minimum absolute atomic E-state index is 0.0639. The van der Waals surface area contributed by atoms with Crippen LogP contribution in [0.3, 0.4) is 0 Å². The first-order valence-corrected chi connectivity index (χ1v) is 8.97. The predicted molar refractivity (Wildman–Crippen MR) is 80.7 cm³/mol. The van der Waals surface area contributed by atoms with Gasteiger partial charge in [-0.15, -0.1) is 0 Å². The number of hydrogen-bond donors (Lipinski definition) is 0. The summed E-state index contributed by atoms with van der Waals surface area (Å²) in [5, 5.41) is 4.19. The highest BCUT2D eigenvalue weighted by atomic mass is 35.7. The standard InChI is InChI=1S/C12H14Cl2N4O2S/c1-4-5-9-11(21(14,19)20)12(13)18(17-9)10-6-7(2)15-8(3)16-10/h6H,4-5H2,1-3H3. The van der Waals surface area contributed by atoms with Crippen LogP contribution < -0.4 is 0 Å². The molecule has 0 aliphatic carbocycles. The summed E-state index contributed by atoms with van der Waals surface area (Å²) in [4.78, 5) is 8.24. The molecule has 0 atom stereocenters. The van der Waals surface area contributed by atoms with E-state index < -0.39 is 9.05 Å². The lowest BCUT2D eigenvalue weighted by atomic mass is 10.2. The van der Waals surface area contributed by atoms with E-state index in [0.717, 1.165) is 5.69 Å². The van der Waals surface area contributed by atoms with E-state index in [9.17, 15) is 8.42 Å². The number of hydrogen-bond acceptors (Lipinski definition) is 5. The van der Waals surface area contributed by atoms with Crippen molar-refractivity contribution in [1.29, 1.82) is 0 Å². The molecule has 2 aromatic rings. The molecular weight excluding hydrogens is 335 g/mol. The molecule has 0 saturated heterocycles. The normalized spacial score (nSPS) is 11.9. The van der Waals surface area contributed by atoms with Crippen LogP contribution in [0.4, 0.5) is 0 Å². The van der Waals surface area contributed by atoms with Gasteiger partial charge < -0.3 is 0 Å². The fourth-order valence-corrected chi connectivity index (χ4v) is 3.88. The molecule has 21 heavy (non-hydrogen) atoms. The second kappa shape index (κ2) is 5.90. The maximum atomic E-state index is 11.7. The van der Waals surface area contributed by atoms with E-state index in [2.05, 4.69) is 15.1 Å². The van der Waals surface area contributed by atoms with Crippen molar-refractivity contribution in [2.45, 2.75) is 38.5 Å². The molecule has 0 saturated carbocycles. The fourth-order valence-electron chi connectivity index (χ4n) is 2.02. The Balaban J connectivity index is 2.71.